The van der Waals surface area contributed by atoms with Gasteiger partial charge in [-0.3, -0.25) is 4.79 Å². The van der Waals surface area contributed by atoms with Crippen LogP contribution in [-0.4, -0.2) is 5.91 Å². The number of amides is 1. The topological polar surface area (TPSA) is 29.1 Å². The van der Waals surface area contributed by atoms with Crippen LogP contribution in [0.1, 0.15) is 36.5 Å². The van der Waals surface area contributed by atoms with Gasteiger partial charge in [-0.15, -0.1) is 0 Å². The third-order valence-electron chi connectivity index (χ3n) is 3.19. The standard InChI is InChI=1S/C13H16FNO/c1-8-10-5-3-4-6-11(10)13(7-12(8)14)15-9(2)16/h7H,3-6H2,1-2H3,(H,15,16). The average Bonchev–Trinajstić information content (AvgIpc) is 2.25. The van der Waals surface area contributed by atoms with Gasteiger partial charge in [0.15, 0.2) is 0 Å². The Morgan fingerprint density at radius 2 is 1.94 bits per heavy atom. The fourth-order valence-corrected chi connectivity index (χ4v) is 2.38. The number of benzene rings is 1. The van der Waals surface area contributed by atoms with Crippen LogP contribution in [0.3, 0.4) is 0 Å². The van der Waals surface area contributed by atoms with Crippen LogP contribution >= 0.6 is 0 Å². The molecule has 1 aliphatic rings. The van der Waals surface area contributed by atoms with Gasteiger partial charge in [-0.25, -0.2) is 4.39 Å². The van der Waals surface area contributed by atoms with Gasteiger partial charge in [0.2, 0.25) is 5.91 Å². The molecule has 0 unspecified atom stereocenters. The Bertz CT molecular complexity index is 440. The quantitative estimate of drug-likeness (QED) is 0.776. The van der Waals surface area contributed by atoms with E-state index in [-0.39, 0.29) is 11.7 Å². The summed E-state index contributed by atoms with van der Waals surface area (Å²) in [5.41, 5.74) is 3.62. The number of hydrogen-bond acceptors (Lipinski definition) is 1. The molecule has 0 aliphatic heterocycles. The molecule has 0 saturated carbocycles. The summed E-state index contributed by atoms with van der Waals surface area (Å²) in [5, 5.41) is 2.72. The Kier molecular flexibility index (Phi) is 2.95. The van der Waals surface area contributed by atoms with E-state index in [0.717, 1.165) is 42.4 Å². The molecule has 0 atom stereocenters. The van der Waals surface area contributed by atoms with Crippen LogP contribution in [0.15, 0.2) is 6.07 Å². The van der Waals surface area contributed by atoms with E-state index in [0.29, 0.717) is 5.69 Å². The first-order valence-electron chi connectivity index (χ1n) is 5.68. The predicted molar refractivity (Wildman–Crippen MR) is 62.1 cm³/mol. The Morgan fingerprint density at radius 1 is 1.31 bits per heavy atom. The summed E-state index contributed by atoms with van der Waals surface area (Å²) in [7, 11) is 0. The molecule has 0 radical (unpaired) electrons. The summed E-state index contributed by atoms with van der Waals surface area (Å²) in [4.78, 5) is 11.1. The van der Waals surface area contributed by atoms with Gasteiger partial charge in [0.05, 0.1) is 0 Å². The zero-order valence-electron chi connectivity index (χ0n) is 9.69. The van der Waals surface area contributed by atoms with Gasteiger partial charge in [-0.05, 0) is 55.4 Å². The van der Waals surface area contributed by atoms with Gasteiger partial charge in [0, 0.05) is 12.6 Å². The maximum atomic E-state index is 13.7. The lowest BCUT2D eigenvalue weighted by molar-refractivity contribution is -0.114. The Labute approximate surface area is 94.9 Å². The molecule has 1 aliphatic carbocycles. The molecule has 3 heteroatoms. The van der Waals surface area contributed by atoms with E-state index in [1.165, 1.54) is 13.0 Å². The number of anilines is 1. The molecule has 1 amide bonds. The van der Waals surface area contributed by atoms with E-state index < -0.39 is 0 Å². The number of fused-ring (bicyclic) bond motifs is 1. The second-order valence-electron chi connectivity index (χ2n) is 4.38. The van der Waals surface area contributed by atoms with E-state index in [1.807, 2.05) is 6.92 Å². The summed E-state index contributed by atoms with van der Waals surface area (Å²) in [6.07, 6.45) is 4.08. The van der Waals surface area contributed by atoms with Gasteiger partial charge in [0.25, 0.3) is 0 Å². The van der Waals surface area contributed by atoms with E-state index in [4.69, 9.17) is 0 Å². The van der Waals surface area contributed by atoms with Crippen molar-refractivity contribution >= 4 is 11.6 Å². The number of hydrogen-bond donors (Lipinski definition) is 1. The van der Waals surface area contributed by atoms with Crippen molar-refractivity contribution in [1.29, 1.82) is 0 Å². The fourth-order valence-electron chi connectivity index (χ4n) is 2.38. The highest BCUT2D eigenvalue weighted by Crippen LogP contribution is 2.32. The molecule has 0 fully saturated rings. The highest BCUT2D eigenvalue weighted by Gasteiger charge is 2.18. The summed E-state index contributed by atoms with van der Waals surface area (Å²) in [6.45, 7) is 3.27. The lowest BCUT2D eigenvalue weighted by Gasteiger charge is -2.22. The summed E-state index contributed by atoms with van der Waals surface area (Å²) >= 11 is 0. The maximum absolute atomic E-state index is 13.7. The summed E-state index contributed by atoms with van der Waals surface area (Å²) in [5.74, 6) is -0.361. The molecule has 2 nitrogen and oxygen atoms in total. The van der Waals surface area contributed by atoms with Crippen molar-refractivity contribution < 1.29 is 9.18 Å². The second-order valence-corrected chi connectivity index (χ2v) is 4.38. The number of carbonyl (C=O) groups is 1. The Balaban J connectivity index is 2.52. The minimum Gasteiger partial charge on any atom is -0.326 e. The number of carbonyl (C=O) groups excluding carboxylic acids is 1. The van der Waals surface area contributed by atoms with E-state index in [1.54, 1.807) is 0 Å². The predicted octanol–water partition coefficient (Wildman–Crippen LogP) is 2.97. The smallest absolute Gasteiger partial charge is 0.221 e. The molecule has 2 rings (SSSR count). The molecular weight excluding hydrogens is 205 g/mol. The van der Waals surface area contributed by atoms with Gasteiger partial charge < -0.3 is 5.32 Å². The lowest BCUT2D eigenvalue weighted by atomic mass is 9.87. The Morgan fingerprint density at radius 3 is 2.56 bits per heavy atom. The van der Waals surface area contributed by atoms with Crippen molar-refractivity contribution in [3.05, 3.63) is 28.6 Å². The first kappa shape index (κ1) is 11.1. The number of nitrogens with one attached hydrogen (secondary N) is 1. The average molecular weight is 221 g/mol. The summed E-state index contributed by atoms with van der Waals surface area (Å²) < 4.78 is 13.7. The normalized spacial score (nSPS) is 14.4. The van der Waals surface area contributed by atoms with Gasteiger partial charge in [-0.2, -0.15) is 0 Å². The lowest BCUT2D eigenvalue weighted by Crippen LogP contribution is -2.14. The van der Waals surface area contributed by atoms with Crippen LogP contribution in [-0.2, 0) is 17.6 Å². The zero-order chi connectivity index (χ0) is 11.7. The van der Waals surface area contributed by atoms with Gasteiger partial charge in [0.1, 0.15) is 5.82 Å². The molecule has 1 N–H and O–H groups in total. The highest BCUT2D eigenvalue weighted by molar-refractivity contribution is 5.90. The van der Waals surface area contributed by atoms with E-state index in [2.05, 4.69) is 5.32 Å². The van der Waals surface area contributed by atoms with Crippen molar-refractivity contribution in [3.8, 4) is 0 Å². The Hall–Kier alpha value is -1.38. The van der Waals surface area contributed by atoms with Gasteiger partial charge >= 0.3 is 0 Å². The van der Waals surface area contributed by atoms with Crippen LogP contribution in [0.2, 0.25) is 0 Å². The maximum Gasteiger partial charge on any atom is 0.221 e. The van der Waals surface area contributed by atoms with E-state index in [9.17, 15) is 9.18 Å². The third-order valence-corrected chi connectivity index (χ3v) is 3.19. The first-order chi connectivity index (χ1) is 7.59. The van der Waals surface area contributed by atoms with Crippen LogP contribution in [0.25, 0.3) is 0 Å². The first-order valence-corrected chi connectivity index (χ1v) is 5.68. The fraction of sp³-hybridized carbons (Fsp3) is 0.462. The molecule has 1 aromatic rings. The number of rotatable bonds is 1. The van der Waals surface area contributed by atoms with Crippen LogP contribution in [0.4, 0.5) is 10.1 Å². The second kappa shape index (κ2) is 4.24. The third kappa shape index (κ3) is 1.94. The zero-order valence-corrected chi connectivity index (χ0v) is 9.69. The molecule has 1 aromatic carbocycles. The van der Waals surface area contributed by atoms with Crippen LogP contribution in [0, 0.1) is 12.7 Å². The van der Waals surface area contributed by atoms with Crippen molar-refractivity contribution in [2.75, 3.05) is 5.32 Å². The molecule has 16 heavy (non-hydrogen) atoms. The van der Waals surface area contributed by atoms with Gasteiger partial charge in [-0.1, -0.05) is 0 Å². The molecule has 0 bridgehead atoms. The van der Waals surface area contributed by atoms with Crippen molar-refractivity contribution in [2.45, 2.75) is 39.5 Å². The highest BCUT2D eigenvalue weighted by atomic mass is 19.1. The summed E-state index contributed by atoms with van der Waals surface area (Å²) in [6, 6.07) is 1.45. The minimum atomic E-state index is -0.218. The number of halogens is 1. The van der Waals surface area contributed by atoms with Crippen molar-refractivity contribution in [1.82, 2.24) is 0 Å². The molecule has 0 saturated heterocycles. The SMILES string of the molecule is CC(=O)Nc1cc(F)c(C)c2c1CCCC2. The van der Waals surface area contributed by atoms with Crippen molar-refractivity contribution in [2.24, 2.45) is 0 Å². The monoisotopic (exact) mass is 221 g/mol. The largest absolute Gasteiger partial charge is 0.326 e. The molecule has 0 heterocycles. The van der Waals surface area contributed by atoms with E-state index >= 15 is 0 Å². The molecule has 0 spiro atoms. The molecule has 0 aromatic heterocycles. The van der Waals surface area contributed by atoms with Crippen molar-refractivity contribution in [3.63, 3.8) is 0 Å². The molecule has 86 valence electrons. The minimum absolute atomic E-state index is 0.143. The van der Waals surface area contributed by atoms with Crippen LogP contribution < -0.4 is 5.32 Å². The molecular formula is C13H16FNO. The van der Waals surface area contributed by atoms with Crippen LogP contribution in [0.5, 0.6) is 0 Å².